The van der Waals surface area contributed by atoms with Crippen LogP contribution < -0.4 is 14.2 Å². The monoisotopic (exact) mass is 629 g/mol. The predicted molar refractivity (Wildman–Crippen MR) is 174 cm³/mol. The molecule has 0 radical (unpaired) electrons. The molecule has 0 bridgehead atoms. The van der Waals surface area contributed by atoms with Crippen LogP contribution in [0.5, 0.6) is 17.2 Å². The van der Waals surface area contributed by atoms with E-state index in [1.807, 2.05) is 68.6 Å². The molecule has 0 unspecified atom stereocenters. The number of aliphatic hydroxyl groups excluding tert-OH is 1. The summed E-state index contributed by atoms with van der Waals surface area (Å²) in [5, 5.41) is 9.98. The van der Waals surface area contributed by atoms with E-state index in [9.17, 15) is 18.3 Å². The molecule has 3 atom stereocenters. The number of sulfonamides is 1. The molecule has 0 aliphatic carbocycles. The number of aliphatic hydroxyl groups is 1. The van der Waals surface area contributed by atoms with Gasteiger partial charge in [-0.25, -0.2) is 8.42 Å². The van der Waals surface area contributed by atoms with E-state index in [4.69, 9.17) is 9.47 Å². The average molecular weight is 630 g/mol. The van der Waals surface area contributed by atoms with Crippen molar-refractivity contribution in [3.63, 3.8) is 0 Å². The summed E-state index contributed by atoms with van der Waals surface area (Å²) in [5.74, 6) is 1.52. The van der Waals surface area contributed by atoms with E-state index >= 15 is 0 Å². The number of benzene rings is 4. The van der Waals surface area contributed by atoms with Crippen LogP contribution in [0.1, 0.15) is 29.8 Å². The van der Waals surface area contributed by atoms with Gasteiger partial charge in [0.2, 0.25) is 0 Å². The highest BCUT2D eigenvalue weighted by Crippen LogP contribution is 2.32. The minimum atomic E-state index is -3.86. The summed E-state index contributed by atoms with van der Waals surface area (Å²) >= 11 is 0. The number of hydrogen-bond donors (Lipinski definition) is 2. The van der Waals surface area contributed by atoms with Gasteiger partial charge in [0.1, 0.15) is 23.4 Å². The van der Waals surface area contributed by atoms with Gasteiger partial charge >= 0.3 is 0 Å². The zero-order chi connectivity index (χ0) is 32.0. The van der Waals surface area contributed by atoms with E-state index in [0.29, 0.717) is 25.4 Å². The van der Waals surface area contributed by atoms with Crippen molar-refractivity contribution in [2.75, 3.05) is 31.5 Å². The van der Waals surface area contributed by atoms with Crippen LogP contribution in [0.3, 0.4) is 0 Å². The zero-order valence-electron chi connectivity index (χ0n) is 25.7. The molecular formula is C35H39N3O6S. The molecule has 236 valence electrons. The van der Waals surface area contributed by atoms with Crippen molar-refractivity contribution in [1.29, 1.82) is 0 Å². The summed E-state index contributed by atoms with van der Waals surface area (Å²) in [6.07, 6.45) is -0.289. The molecule has 0 saturated heterocycles. The first-order chi connectivity index (χ1) is 21.6. The van der Waals surface area contributed by atoms with Crippen molar-refractivity contribution >= 4 is 21.6 Å². The van der Waals surface area contributed by atoms with E-state index in [0.717, 1.165) is 17.1 Å². The van der Waals surface area contributed by atoms with Gasteiger partial charge in [0.05, 0.1) is 23.1 Å². The quantitative estimate of drug-likeness (QED) is 0.221. The van der Waals surface area contributed by atoms with Crippen molar-refractivity contribution in [3.05, 3.63) is 114 Å². The van der Waals surface area contributed by atoms with E-state index in [1.165, 1.54) is 18.2 Å². The second-order valence-corrected chi connectivity index (χ2v) is 13.2. The molecule has 0 spiro atoms. The van der Waals surface area contributed by atoms with Crippen LogP contribution in [-0.2, 0) is 16.6 Å². The van der Waals surface area contributed by atoms with Crippen LogP contribution in [-0.4, -0.2) is 68.1 Å². The number of fused-ring (bicyclic) bond motifs is 1. The summed E-state index contributed by atoms with van der Waals surface area (Å²) in [5.41, 5.74) is 1.59. The lowest BCUT2D eigenvalue weighted by Gasteiger charge is -2.38. The normalized spacial score (nSPS) is 17.5. The molecular weight excluding hydrogens is 590 g/mol. The van der Waals surface area contributed by atoms with Gasteiger partial charge in [-0.05, 0) is 74.1 Å². The average Bonchev–Trinajstić information content (AvgIpc) is 3.04. The lowest BCUT2D eigenvalue weighted by atomic mass is 9.99. The fourth-order valence-electron chi connectivity index (χ4n) is 5.29. The third kappa shape index (κ3) is 8.02. The summed E-state index contributed by atoms with van der Waals surface area (Å²) in [4.78, 5) is 17.7. The van der Waals surface area contributed by atoms with Gasteiger partial charge in [-0.1, -0.05) is 55.5 Å². The summed E-state index contributed by atoms with van der Waals surface area (Å²) in [6, 6.07) is 29.9. The molecule has 1 amide bonds. The Kier molecular flexibility index (Phi) is 10.1. The number of carbonyl (C=O) groups is 1. The molecule has 4 aromatic rings. The largest absolute Gasteiger partial charge is 0.488 e. The van der Waals surface area contributed by atoms with Gasteiger partial charge in [-0.15, -0.1) is 0 Å². The minimum absolute atomic E-state index is 0.0588. The summed E-state index contributed by atoms with van der Waals surface area (Å²) < 4.78 is 40.9. The molecule has 1 heterocycles. The highest BCUT2D eigenvalue weighted by Gasteiger charge is 2.33. The van der Waals surface area contributed by atoms with Crippen LogP contribution in [0.2, 0.25) is 0 Å². The van der Waals surface area contributed by atoms with Gasteiger partial charge < -0.3 is 19.5 Å². The predicted octanol–water partition coefficient (Wildman–Crippen LogP) is 5.63. The Morgan fingerprint density at radius 3 is 2.29 bits per heavy atom. The van der Waals surface area contributed by atoms with Crippen molar-refractivity contribution < 1.29 is 27.8 Å². The second kappa shape index (κ2) is 14.2. The van der Waals surface area contributed by atoms with E-state index < -0.39 is 16.1 Å². The molecule has 0 saturated carbocycles. The van der Waals surface area contributed by atoms with Crippen LogP contribution in [0.25, 0.3) is 0 Å². The maximum Gasteiger partial charge on any atom is 0.261 e. The van der Waals surface area contributed by atoms with Crippen molar-refractivity contribution in [2.24, 2.45) is 5.92 Å². The lowest BCUT2D eigenvalue weighted by Crippen LogP contribution is -2.49. The fraction of sp³-hybridized carbons (Fsp3) is 0.286. The molecule has 9 nitrogen and oxygen atoms in total. The Hall–Kier alpha value is -4.38. The molecule has 1 aliphatic rings. The molecule has 5 rings (SSSR count). The number of nitrogens with one attached hydrogen (secondary N) is 1. The molecule has 10 heteroatoms. The number of anilines is 1. The molecule has 4 aromatic carbocycles. The number of rotatable bonds is 11. The van der Waals surface area contributed by atoms with Gasteiger partial charge in [-0.3, -0.25) is 14.4 Å². The smallest absolute Gasteiger partial charge is 0.261 e. The minimum Gasteiger partial charge on any atom is -0.488 e. The highest BCUT2D eigenvalue weighted by atomic mass is 32.2. The Morgan fingerprint density at radius 2 is 1.62 bits per heavy atom. The van der Waals surface area contributed by atoms with Gasteiger partial charge in [0.25, 0.3) is 15.9 Å². The Morgan fingerprint density at radius 1 is 0.978 bits per heavy atom. The third-order valence-corrected chi connectivity index (χ3v) is 9.21. The second-order valence-electron chi connectivity index (χ2n) is 11.5. The maximum absolute atomic E-state index is 13.8. The number of para-hydroxylation sites is 1. The number of carbonyl (C=O) groups excluding carboxylic acids is 1. The van der Waals surface area contributed by atoms with Gasteiger partial charge in [-0.2, -0.15) is 0 Å². The number of amides is 1. The van der Waals surface area contributed by atoms with Crippen molar-refractivity contribution in [2.45, 2.75) is 37.4 Å². The number of hydrogen-bond acceptors (Lipinski definition) is 7. The molecule has 1 aliphatic heterocycles. The van der Waals surface area contributed by atoms with Crippen LogP contribution in [0.15, 0.2) is 108 Å². The van der Waals surface area contributed by atoms with E-state index in [1.54, 1.807) is 42.2 Å². The van der Waals surface area contributed by atoms with E-state index in [-0.39, 0.29) is 40.7 Å². The molecule has 2 N–H and O–H groups in total. The molecule has 0 fully saturated rings. The van der Waals surface area contributed by atoms with Gasteiger partial charge in [0.15, 0.2) is 0 Å². The van der Waals surface area contributed by atoms with Crippen molar-refractivity contribution in [3.8, 4) is 17.2 Å². The van der Waals surface area contributed by atoms with Crippen LogP contribution in [0.4, 0.5) is 5.69 Å². The molecule has 45 heavy (non-hydrogen) atoms. The number of ether oxygens (including phenoxy) is 2. The van der Waals surface area contributed by atoms with Crippen LogP contribution in [0, 0.1) is 5.92 Å². The lowest BCUT2D eigenvalue weighted by molar-refractivity contribution is 0.0341. The third-order valence-electron chi connectivity index (χ3n) is 7.82. The topological polar surface area (TPSA) is 108 Å². The SMILES string of the molecule is C[C@@H]1CN([C@@H](C)CO)C(=O)c2cc(NS(=O)(=O)c3ccccc3)ccc2O[C@H]1CN(C)Cc1ccc(Oc2ccccc2)cc1. The van der Waals surface area contributed by atoms with Crippen LogP contribution >= 0.6 is 0 Å². The first-order valence-corrected chi connectivity index (χ1v) is 16.4. The zero-order valence-corrected chi connectivity index (χ0v) is 26.5. The fourth-order valence-corrected chi connectivity index (χ4v) is 6.36. The first-order valence-electron chi connectivity index (χ1n) is 14.9. The maximum atomic E-state index is 13.8. The Labute approximate surface area is 265 Å². The summed E-state index contributed by atoms with van der Waals surface area (Å²) in [7, 11) is -1.84. The van der Waals surface area contributed by atoms with E-state index in [2.05, 4.69) is 9.62 Å². The molecule has 0 aromatic heterocycles. The van der Waals surface area contributed by atoms with Crippen molar-refractivity contribution in [1.82, 2.24) is 9.80 Å². The Bertz CT molecular complexity index is 1680. The standard InChI is InChI=1S/C35H39N3O6S/c1-25-21-38(26(2)24-39)35(40)32-20-28(36-45(41,42)31-12-8-5-9-13-31)16-19-33(32)44-34(25)23-37(3)22-27-14-17-30(18-15-27)43-29-10-6-4-7-11-29/h4-20,25-26,34,36,39H,21-24H2,1-3H3/t25-,26+,34+/m1/s1. The summed E-state index contributed by atoms with van der Waals surface area (Å²) in [6.45, 7) is 5.22. The number of nitrogens with zero attached hydrogens (tertiary/aromatic N) is 2. The first kappa shape index (κ1) is 32.0. The van der Waals surface area contributed by atoms with Gasteiger partial charge in [0, 0.05) is 31.2 Å². The highest BCUT2D eigenvalue weighted by molar-refractivity contribution is 7.92. The number of likely N-dealkylation sites (N-methyl/N-ethyl adjacent to an activating group) is 1. The Balaban J connectivity index is 1.33.